The van der Waals surface area contributed by atoms with Crippen molar-refractivity contribution in [1.29, 1.82) is 0 Å². The number of sulfone groups is 1. The van der Waals surface area contributed by atoms with Gasteiger partial charge in [-0.05, 0) is 48.0 Å². The average Bonchev–Trinajstić information content (AvgIpc) is 2.99. The van der Waals surface area contributed by atoms with Gasteiger partial charge in [-0.1, -0.05) is 18.2 Å². The molecule has 1 aliphatic heterocycles. The van der Waals surface area contributed by atoms with Crippen LogP contribution in [0.25, 0.3) is 0 Å². The second-order valence-corrected chi connectivity index (χ2v) is 8.95. The lowest BCUT2D eigenvalue weighted by atomic mass is 10.2. The van der Waals surface area contributed by atoms with Crippen LogP contribution in [0.5, 0.6) is 0 Å². The van der Waals surface area contributed by atoms with Crippen molar-refractivity contribution < 1.29 is 12.8 Å². The van der Waals surface area contributed by atoms with Crippen LogP contribution < -0.4 is 5.32 Å². The van der Waals surface area contributed by atoms with Gasteiger partial charge in [0.1, 0.15) is 5.82 Å². The molecule has 0 spiro atoms. The Labute approximate surface area is 158 Å². The molecule has 5 nitrogen and oxygen atoms in total. The molecule has 138 valence electrons. The van der Waals surface area contributed by atoms with Crippen molar-refractivity contribution in [1.82, 2.24) is 15.2 Å². The smallest absolute Gasteiger partial charge is 0.169 e. The Hall–Kier alpha value is -2.06. The summed E-state index contributed by atoms with van der Waals surface area (Å²) in [6, 6.07) is 9.80. The quantitative estimate of drug-likeness (QED) is 0.787. The lowest BCUT2D eigenvalue weighted by Gasteiger charge is -2.31. The normalized spacial score (nSPS) is 18.4. The highest BCUT2D eigenvalue weighted by molar-refractivity contribution is 7.91. The minimum atomic E-state index is -3.02. The first kappa shape index (κ1) is 18.7. The van der Waals surface area contributed by atoms with Gasteiger partial charge >= 0.3 is 0 Å². The van der Waals surface area contributed by atoms with Crippen LogP contribution in [0.3, 0.4) is 0 Å². The zero-order chi connectivity index (χ0) is 18.6. The second kappa shape index (κ2) is 8.09. The van der Waals surface area contributed by atoms with E-state index >= 15 is 0 Å². The Balaban J connectivity index is 1.71. The molecule has 2 aromatic rings. The summed E-state index contributed by atoms with van der Waals surface area (Å²) in [5.41, 5.74) is 1.86. The van der Waals surface area contributed by atoms with E-state index in [1.54, 1.807) is 24.5 Å². The molecule has 1 atom stereocenters. The number of pyridine rings is 1. The van der Waals surface area contributed by atoms with Crippen LogP contribution in [0.15, 0.2) is 48.8 Å². The van der Waals surface area contributed by atoms with Crippen molar-refractivity contribution >= 4 is 27.2 Å². The SMILES string of the molecule is O=S1(=O)CC[C@H](N(Cc2cccnc2)C(=S)NCc2ccc(F)cc2)C1. The molecule has 1 aliphatic rings. The van der Waals surface area contributed by atoms with E-state index < -0.39 is 9.84 Å². The van der Waals surface area contributed by atoms with E-state index in [0.717, 1.165) is 11.1 Å². The van der Waals surface area contributed by atoms with Crippen LogP contribution in [-0.4, -0.2) is 41.0 Å². The molecule has 3 rings (SSSR count). The lowest BCUT2D eigenvalue weighted by Crippen LogP contribution is -2.45. The van der Waals surface area contributed by atoms with Crippen molar-refractivity contribution in [3.05, 3.63) is 65.7 Å². The van der Waals surface area contributed by atoms with Gasteiger partial charge in [-0.3, -0.25) is 4.98 Å². The molecule has 0 amide bonds. The van der Waals surface area contributed by atoms with Gasteiger partial charge in [-0.2, -0.15) is 0 Å². The number of hydrogen-bond acceptors (Lipinski definition) is 4. The van der Waals surface area contributed by atoms with Gasteiger partial charge in [-0.15, -0.1) is 0 Å². The molecular weight excluding hydrogens is 373 g/mol. The number of nitrogens with one attached hydrogen (secondary N) is 1. The summed E-state index contributed by atoms with van der Waals surface area (Å²) >= 11 is 5.54. The van der Waals surface area contributed by atoms with Crippen molar-refractivity contribution in [2.45, 2.75) is 25.6 Å². The molecule has 1 aromatic carbocycles. The molecule has 26 heavy (non-hydrogen) atoms. The zero-order valence-corrected chi connectivity index (χ0v) is 15.8. The maximum Gasteiger partial charge on any atom is 0.169 e. The Kier molecular flexibility index (Phi) is 5.83. The van der Waals surface area contributed by atoms with Gasteiger partial charge in [0.25, 0.3) is 0 Å². The largest absolute Gasteiger partial charge is 0.358 e. The Morgan fingerprint density at radius 2 is 2.04 bits per heavy atom. The van der Waals surface area contributed by atoms with Crippen molar-refractivity contribution in [3.63, 3.8) is 0 Å². The third-order valence-corrected chi connectivity index (χ3v) is 6.47. The van der Waals surface area contributed by atoms with E-state index in [1.165, 1.54) is 12.1 Å². The fourth-order valence-electron chi connectivity index (χ4n) is 2.96. The molecule has 0 unspecified atom stereocenters. The maximum atomic E-state index is 13.0. The summed E-state index contributed by atoms with van der Waals surface area (Å²) in [7, 11) is -3.02. The highest BCUT2D eigenvalue weighted by atomic mass is 32.2. The molecule has 2 heterocycles. The predicted molar refractivity (Wildman–Crippen MR) is 103 cm³/mol. The third kappa shape index (κ3) is 4.98. The molecule has 1 fully saturated rings. The minimum Gasteiger partial charge on any atom is -0.358 e. The highest BCUT2D eigenvalue weighted by Gasteiger charge is 2.33. The van der Waals surface area contributed by atoms with E-state index in [-0.39, 0.29) is 23.4 Å². The highest BCUT2D eigenvalue weighted by Crippen LogP contribution is 2.20. The first-order valence-electron chi connectivity index (χ1n) is 8.31. The van der Waals surface area contributed by atoms with Crippen LogP contribution in [-0.2, 0) is 22.9 Å². The van der Waals surface area contributed by atoms with Crippen LogP contribution in [0.1, 0.15) is 17.5 Å². The van der Waals surface area contributed by atoms with Crippen LogP contribution in [0.2, 0.25) is 0 Å². The van der Waals surface area contributed by atoms with E-state index in [4.69, 9.17) is 12.2 Å². The molecule has 1 saturated heterocycles. The second-order valence-electron chi connectivity index (χ2n) is 6.33. The molecule has 0 radical (unpaired) electrons. The van der Waals surface area contributed by atoms with E-state index in [0.29, 0.717) is 24.6 Å². The Morgan fingerprint density at radius 1 is 1.27 bits per heavy atom. The van der Waals surface area contributed by atoms with Crippen LogP contribution >= 0.6 is 12.2 Å². The molecule has 8 heteroatoms. The molecule has 0 saturated carbocycles. The number of benzene rings is 1. The maximum absolute atomic E-state index is 13.0. The first-order valence-corrected chi connectivity index (χ1v) is 10.5. The summed E-state index contributed by atoms with van der Waals surface area (Å²) in [6.45, 7) is 0.936. The predicted octanol–water partition coefficient (Wildman–Crippen LogP) is 2.28. The van der Waals surface area contributed by atoms with Gasteiger partial charge in [0, 0.05) is 31.5 Å². The number of hydrogen-bond donors (Lipinski definition) is 1. The van der Waals surface area contributed by atoms with Crippen molar-refractivity contribution in [3.8, 4) is 0 Å². The summed E-state index contributed by atoms with van der Waals surface area (Å²) < 4.78 is 36.8. The first-order chi connectivity index (χ1) is 12.4. The van der Waals surface area contributed by atoms with Gasteiger partial charge < -0.3 is 10.2 Å². The lowest BCUT2D eigenvalue weighted by molar-refractivity contribution is 0.322. The fraction of sp³-hybridized carbons (Fsp3) is 0.333. The molecule has 1 N–H and O–H groups in total. The topological polar surface area (TPSA) is 62.3 Å². The van der Waals surface area contributed by atoms with Crippen LogP contribution in [0, 0.1) is 5.82 Å². The number of nitrogens with zero attached hydrogens (tertiary/aromatic N) is 2. The summed E-state index contributed by atoms with van der Waals surface area (Å²) in [6.07, 6.45) is 4.00. The summed E-state index contributed by atoms with van der Waals surface area (Å²) in [4.78, 5) is 6.03. The standard InChI is InChI=1S/C18H20FN3O2S2/c19-16-5-3-14(4-6-16)11-21-18(25)22(12-15-2-1-8-20-10-15)17-7-9-26(23,24)13-17/h1-6,8,10,17H,7,9,11-13H2,(H,21,25)/t17-/m0/s1. The fourth-order valence-corrected chi connectivity index (χ4v) is 4.97. The summed E-state index contributed by atoms with van der Waals surface area (Å²) in [5.74, 6) is -0.00126. The van der Waals surface area contributed by atoms with Crippen LogP contribution in [0.4, 0.5) is 4.39 Å². The minimum absolute atomic E-state index is 0.103. The van der Waals surface area contributed by atoms with Gasteiger partial charge in [0.05, 0.1) is 11.5 Å². The molecule has 0 aliphatic carbocycles. The number of thiocarbonyl (C=S) groups is 1. The number of halogens is 1. The molecule has 0 bridgehead atoms. The zero-order valence-electron chi connectivity index (χ0n) is 14.1. The van der Waals surface area contributed by atoms with Crippen molar-refractivity contribution in [2.75, 3.05) is 11.5 Å². The average molecular weight is 394 g/mol. The van der Waals surface area contributed by atoms with Gasteiger partial charge in [0.15, 0.2) is 14.9 Å². The van der Waals surface area contributed by atoms with E-state index in [2.05, 4.69) is 10.3 Å². The number of aromatic nitrogens is 1. The Morgan fingerprint density at radius 3 is 2.65 bits per heavy atom. The third-order valence-electron chi connectivity index (χ3n) is 4.34. The van der Waals surface area contributed by atoms with Gasteiger partial charge in [-0.25, -0.2) is 12.8 Å². The molecular formula is C18H20FN3O2S2. The van der Waals surface area contributed by atoms with Gasteiger partial charge in [0.2, 0.25) is 0 Å². The van der Waals surface area contributed by atoms with Crippen molar-refractivity contribution in [2.24, 2.45) is 0 Å². The Bertz CT molecular complexity index is 858. The van der Waals surface area contributed by atoms with E-state index in [9.17, 15) is 12.8 Å². The molecule has 1 aromatic heterocycles. The van der Waals surface area contributed by atoms with E-state index in [1.807, 2.05) is 17.0 Å². The monoisotopic (exact) mass is 393 g/mol. The number of rotatable bonds is 5. The summed E-state index contributed by atoms with van der Waals surface area (Å²) in [5, 5.41) is 3.65.